The van der Waals surface area contributed by atoms with Crippen molar-refractivity contribution in [3.05, 3.63) is 40.0 Å². The molecule has 28 heavy (non-hydrogen) atoms. The van der Waals surface area contributed by atoms with E-state index in [9.17, 15) is 0 Å². The largest absolute Gasteiger partial charge is 0.356 e. The molecule has 0 spiro atoms. The fraction of sp³-hybridized carbons (Fsp3) is 0.550. The number of halogens is 1. The van der Waals surface area contributed by atoms with Gasteiger partial charge in [-0.1, -0.05) is 19.9 Å². The number of nitrogens with one attached hydrogen (secondary N) is 2. The molecule has 1 aliphatic heterocycles. The van der Waals surface area contributed by atoms with Crippen LogP contribution in [-0.2, 0) is 6.54 Å². The standard InChI is InChI=1S/C20H30N6S.HI/c1-14(2)19-24-17(13-27-19)12-22-20(21-4)25-16-8-10-26(11-9-16)18-7-5-6-15(3)23-18;/h5-7,13-14,16H,8-12H2,1-4H3,(H2,21,22,25);1H. The van der Waals surface area contributed by atoms with Gasteiger partial charge in [0.15, 0.2) is 5.96 Å². The van der Waals surface area contributed by atoms with Crippen LogP contribution < -0.4 is 15.5 Å². The molecule has 1 fully saturated rings. The van der Waals surface area contributed by atoms with Crippen LogP contribution in [0.3, 0.4) is 0 Å². The van der Waals surface area contributed by atoms with Crippen molar-refractivity contribution in [1.29, 1.82) is 0 Å². The molecule has 0 atom stereocenters. The maximum absolute atomic E-state index is 4.67. The van der Waals surface area contributed by atoms with E-state index in [2.05, 4.69) is 61.9 Å². The summed E-state index contributed by atoms with van der Waals surface area (Å²) in [5.41, 5.74) is 2.15. The Bertz CT molecular complexity index is 768. The fourth-order valence-corrected chi connectivity index (χ4v) is 4.02. The number of anilines is 1. The van der Waals surface area contributed by atoms with Gasteiger partial charge in [0, 0.05) is 43.2 Å². The van der Waals surface area contributed by atoms with E-state index in [0.29, 0.717) is 18.5 Å². The van der Waals surface area contributed by atoms with E-state index >= 15 is 0 Å². The summed E-state index contributed by atoms with van der Waals surface area (Å²) in [5.74, 6) is 2.41. The first-order chi connectivity index (χ1) is 13.0. The molecule has 154 valence electrons. The van der Waals surface area contributed by atoms with Crippen molar-refractivity contribution in [2.75, 3.05) is 25.0 Å². The molecule has 0 amide bonds. The molecule has 6 nitrogen and oxygen atoms in total. The lowest BCUT2D eigenvalue weighted by Gasteiger charge is -2.34. The molecule has 2 aromatic rings. The minimum absolute atomic E-state index is 0. The van der Waals surface area contributed by atoms with Gasteiger partial charge in [-0.05, 0) is 31.9 Å². The summed E-state index contributed by atoms with van der Waals surface area (Å²) in [4.78, 5) is 16.0. The molecule has 0 aromatic carbocycles. The first-order valence-corrected chi connectivity index (χ1v) is 10.5. The second-order valence-electron chi connectivity index (χ2n) is 7.30. The molecule has 2 aromatic heterocycles. The number of guanidine groups is 1. The van der Waals surface area contributed by atoms with Crippen LogP contribution in [0, 0.1) is 6.92 Å². The molecule has 0 saturated carbocycles. The van der Waals surface area contributed by atoms with Gasteiger partial charge >= 0.3 is 0 Å². The summed E-state index contributed by atoms with van der Waals surface area (Å²) < 4.78 is 0. The number of nitrogens with zero attached hydrogens (tertiary/aromatic N) is 4. The molecule has 0 unspecified atom stereocenters. The van der Waals surface area contributed by atoms with Crippen molar-refractivity contribution in [3.8, 4) is 0 Å². The predicted molar refractivity (Wildman–Crippen MR) is 129 cm³/mol. The lowest BCUT2D eigenvalue weighted by Crippen LogP contribution is -2.48. The molecule has 1 saturated heterocycles. The average Bonchev–Trinajstić information content (AvgIpc) is 3.15. The Morgan fingerprint density at radius 2 is 2.04 bits per heavy atom. The summed E-state index contributed by atoms with van der Waals surface area (Å²) in [5, 5.41) is 10.3. The quantitative estimate of drug-likeness (QED) is 0.360. The van der Waals surface area contributed by atoms with Gasteiger partial charge in [-0.2, -0.15) is 0 Å². The molecular weight excluding hydrogens is 483 g/mol. The molecule has 0 bridgehead atoms. The Kier molecular flexibility index (Phi) is 8.94. The van der Waals surface area contributed by atoms with E-state index in [0.717, 1.165) is 49.1 Å². The Hall–Kier alpha value is -1.42. The number of rotatable bonds is 5. The van der Waals surface area contributed by atoms with Crippen LogP contribution in [0.5, 0.6) is 0 Å². The highest BCUT2D eigenvalue weighted by Gasteiger charge is 2.21. The highest BCUT2D eigenvalue weighted by molar-refractivity contribution is 14.0. The third kappa shape index (κ3) is 6.30. The molecule has 2 N–H and O–H groups in total. The summed E-state index contributed by atoms with van der Waals surface area (Å²) >= 11 is 1.73. The van der Waals surface area contributed by atoms with E-state index < -0.39 is 0 Å². The van der Waals surface area contributed by atoms with Crippen LogP contribution in [0.25, 0.3) is 0 Å². The van der Waals surface area contributed by atoms with E-state index in [-0.39, 0.29) is 24.0 Å². The summed E-state index contributed by atoms with van der Waals surface area (Å²) in [6, 6.07) is 6.65. The molecule has 0 aliphatic carbocycles. The van der Waals surface area contributed by atoms with Crippen LogP contribution in [0.1, 0.15) is 49.0 Å². The average molecular weight is 514 g/mol. The van der Waals surface area contributed by atoms with Gasteiger partial charge < -0.3 is 15.5 Å². The van der Waals surface area contributed by atoms with Crippen LogP contribution in [-0.4, -0.2) is 42.1 Å². The topological polar surface area (TPSA) is 65.4 Å². The van der Waals surface area contributed by atoms with Gasteiger partial charge in [0.1, 0.15) is 5.82 Å². The molecule has 0 radical (unpaired) electrons. The number of thiazole rings is 1. The SMILES string of the molecule is CN=C(NCc1csc(C(C)C)n1)NC1CCN(c2cccc(C)n2)CC1.I. The van der Waals surface area contributed by atoms with Crippen molar-refractivity contribution in [2.24, 2.45) is 4.99 Å². The van der Waals surface area contributed by atoms with Crippen molar-refractivity contribution in [1.82, 2.24) is 20.6 Å². The van der Waals surface area contributed by atoms with Gasteiger partial charge in [0.25, 0.3) is 0 Å². The van der Waals surface area contributed by atoms with Crippen molar-refractivity contribution >= 4 is 47.1 Å². The monoisotopic (exact) mass is 514 g/mol. The van der Waals surface area contributed by atoms with Gasteiger partial charge in [-0.15, -0.1) is 35.3 Å². The molecule has 3 rings (SSSR count). The number of piperidine rings is 1. The zero-order chi connectivity index (χ0) is 19.2. The van der Waals surface area contributed by atoms with Gasteiger partial charge in [-0.25, -0.2) is 9.97 Å². The van der Waals surface area contributed by atoms with Gasteiger partial charge in [0.2, 0.25) is 0 Å². The number of hydrogen-bond acceptors (Lipinski definition) is 5. The van der Waals surface area contributed by atoms with E-state index in [1.54, 1.807) is 11.3 Å². The molecular formula is C20H31IN6S. The smallest absolute Gasteiger partial charge is 0.191 e. The van der Waals surface area contributed by atoms with Crippen LogP contribution in [0.4, 0.5) is 5.82 Å². The Morgan fingerprint density at radius 3 is 2.64 bits per heavy atom. The number of pyridine rings is 1. The maximum Gasteiger partial charge on any atom is 0.191 e. The van der Waals surface area contributed by atoms with Gasteiger partial charge in [0.05, 0.1) is 17.2 Å². The third-order valence-electron chi connectivity index (χ3n) is 4.76. The Labute approximate surface area is 189 Å². The maximum atomic E-state index is 4.67. The second kappa shape index (κ2) is 10.9. The minimum atomic E-state index is 0. The van der Waals surface area contributed by atoms with E-state index in [1.165, 1.54) is 5.01 Å². The van der Waals surface area contributed by atoms with Crippen LogP contribution in [0.15, 0.2) is 28.6 Å². The summed E-state index contributed by atoms with van der Waals surface area (Å²) in [6.45, 7) is 9.11. The lowest BCUT2D eigenvalue weighted by atomic mass is 10.1. The molecule has 3 heterocycles. The first kappa shape index (κ1) is 22.9. The Balaban J connectivity index is 0.00000280. The molecule has 1 aliphatic rings. The number of aliphatic imine (C=N–C) groups is 1. The zero-order valence-corrected chi connectivity index (χ0v) is 20.3. The van der Waals surface area contributed by atoms with Crippen LogP contribution >= 0.6 is 35.3 Å². The van der Waals surface area contributed by atoms with Crippen molar-refractivity contribution in [3.63, 3.8) is 0 Å². The van der Waals surface area contributed by atoms with Crippen LogP contribution in [0.2, 0.25) is 0 Å². The van der Waals surface area contributed by atoms with E-state index in [4.69, 9.17) is 0 Å². The number of aromatic nitrogens is 2. The van der Waals surface area contributed by atoms with Crippen molar-refractivity contribution < 1.29 is 0 Å². The summed E-state index contributed by atoms with van der Waals surface area (Å²) in [7, 11) is 1.82. The fourth-order valence-electron chi connectivity index (χ4n) is 3.19. The normalized spacial score (nSPS) is 15.5. The van der Waals surface area contributed by atoms with Crippen molar-refractivity contribution in [2.45, 2.75) is 52.1 Å². The van der Waals surface area contributed by atoms with E-state index in [1.807, 2.05) is 20.0 Å². The molecule has 8 heteroatoms. The lowest BCUT2D eigenvalue weighted by molar-refractivity contribution is 0.459. The Morgan fingerprint density at radius 1 is 1.29 bits per heavy atom. The summed E-state index contributed by atoms with van der Waals surface area (Å²) in [6.07, 6.45) is 2.15. The minimum Gasteiger partial charge on any atom is -0.356 e. The third-order valence-corrected chi connectivity index (χ3v) is 5.95. The highest BCUT2D eigenvalue weighted by atomic mass is 127. The number of aryl methyl sites for hydroxylation is 1. The zero-order valence-electron chi connectivity index (χ0n) is 17.1. The number of hydrogen-bond donors (Lipinski definition) is 2. The predicted octanol–water partition coefficient (Wildman–Crippen LogP) is 3.92. The van der Waals surface area contributed by atoms with Gasteiger partial charge in [-0.3, -0.25) is 4.99 Å². The second-order valence-corrected chi connectivity index (χ2v) is 8.19. The first-order valence-electron chi connectivity index (χ1n) is 9.65. The highest BCUT2D eigenvalue weighted by Crippen LogP contribution is 2.19.